The van der Waals surface area contributed by atoms with E-state index in [0.717, 1.165) is 5.56 Å². The highest BCUT2D eigenvalue weighted by molar-refractivity contribution is 5.69. The smallest absolute Gasteiger partial charge is 0.205 e. The van der Waals surface area contributed by atoms with Crippen molar-refractivity contribution < 1.29 is 9.13 Å². The summed E-state index contributed by atoms with van der Waals surface area (Å²) in [6.45, 7) is 1.87. The number of rotatable bonds is 4. The molecule has 0 saturated carbocycles. The van der Waals surface area contributed by atoms with E-state index in [4.69, 9.17) is 10.6 Å². The number of hydrogen-bond acceptors (Lipinski definition) is 6. The number of halogens is 1. The Hall–Kier alpha value is -2.41. The molecule has 0 amide bonds. The Morgan fingerprint density at radius 1 is 1.26 bits per heavy atom. The summed E-state index contributed by atoms with van der Waals surface area (Å²) in [7, 11) is 1.46. The molecule has 0 spiro atoms. The van der Waals surface area contributed by atoms with Crippen molar-refractivity contribution in [3.05, 3.63) is 35.9 Å². The Morgan fingerprint density at radius 2 is 2.00 bits per heavy atom. The summed E-state index contributed by atoms with van der Waals surface area (Å²) in [5.74, 6) is 5.89. The normalized spacial score (nSPS) is 10.1. The molecule has 0 fully saturated rings. The molecule has 4 N–H and O–H groups in total. The van der Waals surface area contributed by atoms with Gasteiger partial charge < -0.3 is 15.5 Å². The molecule has 0 aliphatic carbocycles. The quantitative estimate of drug-likeness (QED) is 0.577. The molecule has 0 aliphatic rings. The summed E-state index contributed by atoms with van der Waals surface area (Å²) in [6.07, 6.45) is 1.30. The standard InChI is InChI=1S/C12H14FN5O/c1-7-3-4-8(13)9(5-7)17-11-10(19-2)12(18-14)16-6-15-11/h3-6H,14H2,1-2H3,(H2,15,16,17,18). The fraction of sp³-hybridized carbons (Fsp3) is 0.167. The highest BCUT2D eigenvalue weighted by Crippen LogP contribution is 2.31. The van der Waals surface area contributed by atoms with Crippen LogP contribution in [0, 0.1) is 12.7 Å². The van der Waals surface area contributed by atoms with Gasteiger partial charge in [0.05, 0.1) is 12.8 Å². The van der Waals surface area contributed by atoms with Gasteiger partial charge in [-0.25, -0.2) is 20.2 Å². The van der Waals surface area contributed by atoms with Gasteiger partial charge in [0, 0.05) is 0 Å². The molecule has 1 aromatic heterocycles. The number of methoxy groups -OCH3 is 1. The van der Waals surface area contributed by atoms with Gasteiger partial charge in [0.25, 0.3) is 0 Å². The van der Waals surface area contributed by atoms with Crippen LogP contribution in [-0.4, -0.2) is 17.1 Å². The van der Waals surface area contributed by atoms with E-state index >= 15 is 0 Å². The zero-order chi connectivity index (χ0) is 13.8. The van der Waals surface area contributed by atoms with Crippen LogP contribution >= 0.6 is 0 Å². The third-order valence-electron chi connectivity index (χ3n) is 2.52. The van der Waals surface area contributed by atoms with E-state index < -0.39 is 0 Å². The van der Waals surface area contributed by atoms with E-state index in [9.17, 15) is 4.39 Å². The maximum Gasteiger partial charge on any atom is 0.205 e. The second-order valence-corrected chi connectivity index (χ2v) is 3.86. The van der Waals surface area contributed by atoms with Gasteiger partial charge in [-0.15, -0.1) is 0 Å². The van der Waals surface area contributed by atoms with Gasteiger partial charge in [0.1, 0.15) is 12.1 Å². The summed E-state index contributed by atoms with van der Waals surface area (Å²) < 4.78 is 18.8. The first-order chi connectivity index (χ1) is 9.15. The lowest BCUT2D eigenvalue weighted by molar-refractivity contribution is 0.415. The SMILES string of the molecule is COc1c(NN)ncnc1Nc1cc(C)ccc1F. The average Bonchev–Trinajstić information content (AvgIpc) is 2.42. The number of hydrazine groups is 1. The Labute approximate surface area is 109 Å². The molecule has 0 unspecified atom stereocenters. The Kier molecular flexibility index (Phi) is 3.76. The predicted molar refractivity (Wildman–Crippen MR) is 70.8 cm³/mol. The number of nitrogen functional groups attached to an aromatic ring is 1. The van der Waals surface area contributed by atoms with E-state index in [1.165, 1.54) is 19.5 Å². The van der Waals surface area contributed by atoms with Crippen molar-refractivity contribution in [2.75, 3.05) is 17.9 Å². The van der Waals surface area contributed by atoms with Crippen LogP contribution in [0.25, 0.3) is 0 Å². The van der Waals surface area contributed by atoms with Gasteiger partial charge in [-0.2, -0.15) is 0 Å². The lowest BCUT2D eigenvalue weighted by Crippen LogP contribution is -2.11. The van der Waals surface area contributed by atoms with Crippen LogP contribution in [0.2, 0.25) is 0 Å². The molecule has 1 aromatic carbocycles. The fourth-order valence-electron chi connectivity index (χ4n) is 1.62. The van der Waals surface area contributed by atoms with Crippen molar-refractivity contribution in [3.63, 3.8) is 0 Å². The van der Waals surface area contributed by atoms with Gasteiger partial charge in [-0.3, -0.25) is 0 Å². The predicted octanol–water partition coefficient (Wildman–Crippen LogP) is 1.96. The Bertz CT molecular complexity index is 590. The van der Waals surface area contributed by atoms with Crippen molar-refractivity contribution in [2.45, 2.75) is 6.92 Å². The van der Waals surface area contributed by atoms with E-state index in [1.54, 1.807) is 12.1 Å². The van der Waals surface area contributed by atoms with Crippen molar-refractivity contribution in [1.82, 2.24) is 9.97 Å². The third-order valence-corrected chi connectivity index (χ3v) is 2.52. The van der Waals surface area contributed by atoms with Crippen LogP contribution in [0.4, 0.5) is 21.7 Å². The molecule has 0 bridgehead atoms. The number of ether oxygens (including phenoxy) is 1. The van der Waals surface area contributed by atoms with Crippen molar-refractivity contribution in [3.8, 4) is 5.75 Å². The largest absolute Gasteiger partial charge is 0.490 e. The molecule has 2 rings (SSSR count). The first kappa shape index (κ1) is 13.0. The minimum absolute atomic E-state index is 0.306. The number of aromatic nitrogens is 2. The van der Waals surface area contributed by atoms with Crippen LogP contribution in [0.5, 0.6) is 5.75 Å². The number of nitrogens with two attached hydrogens (primary N) is 1. The van der Waals surface area contributed by atoms with Crippen LogP contribution in [0.1, 0.15) is 5.56 Å². The highest BCUT2D eigenvalue weighted by Gasteiger charge is 2.13. The molecule has 0 aliphatic heterocycles. The summed E-state index contributed by atoms with van der Waals surface area (Å²) in [5, 5.41) is 2.86. The highest BCUT2D eigenvalue weighted by atomic mass is 19.1. The first-order valence-corrected chi connectivity index (χ1v) is 5.54. The zero-order valence-corrected chi connectivity index (χ0v) is 10.6. The zero-order valence-electron chi connectivity index (χ0n) is 10.6. The number of aryl methyl sites for hydroxylation is 1. The maximum absolute atomic E-state index is 13.7. The van der Waals surface area contributed by atoms with Crippen LogP contribution in [0.3, 0.4) is 0 Å². The second-order valence-electron chi connectivity index (χ2n) is 3.86. The first-order valence-electron chi connectivity index (χ1n) is 5.54. The van der Waals surface area contributed by atoms with Gasteiger partial charge in [-0.05, 0) is 24.6 Å². The second kappa shape index (κ2) is 5.49. The van der Waals surface area contributed by atoms with E-state index in [2.05, 4.69) is 20.7 Å². The molecule has 1 heterocycles. The van der Waals surface area contributed by atoms with Crippen molar-refractivity contribution >= 4 is 17.3 Å². The average molecular weight is 263 g/mol. The van der Waals surface area contributed by atoms with Crippen molar-refractivity contribution in [2.24, 2.45) is 5.84 Å². The minimum atomic E-state index is -0.381. The van der Waals surface area contributed by atoms with E-state index in [-0.39, 0.29) is 5.82 Å². The van der Waals surface area contributed by atoms with E-state index in [1.807, 2.05) is 6.92 Å². The van der Waals surface area contributed by atoms with Gasteiger partial charge in [0.15, 0.2) is 11.6 Å². The number of nitrogens with zero attached hydrogens (tertiary/aromatic N) is 2. The van der Waals surface area contributed by atoms with Crippen molar-refractivity contribution in [1.29, 1.82) is 0 Å². The molecular formula is C12H14FN5O. The molecule has 0 saturated heterocycles. The Morgan fingerprint density at radius 3 is 2.68 bits per heavy atom. The molecule has 0 atom stereocenters. The monoisotopic (exact) mass is 263 g/mol. The number of nitrogens with one attached hydrogen (secondary N) is 2. The van der Waals surface area contributed by atoms with Gasteiger partial charge >= 0.3 is 0 Å². The Balaban J connectivity index is 2.40. The third kappa shape index (κ3) is 2.71. The molecule has 2 aromatic rings. The molecule has 100 valence electrons. The summed E-state index contributed by atoms with van der Waals surface area (Å²) >= 11 is 0. The molecule has 7 heteroatoms. The fourth-order valence-corrected chi connectivity index (χ4v) is 1.62. The van der Waals surface area contributed by atoms with E-state index in [0.29, 0.717) is 23.1 Å². The molecule has 6 nitrogen and oxygen atoms in total. The molecule has 19 heavy (non-hydrogen) atoms. The minimum Gasteiger partial charge on any atom is -0.490 e. The van der Waals surface area contributed by atoms with Crippen LogP contribution < -0.4 is 21.3 Å². The topological polar surface area (TPSA) is 85.1 Å². The lowest BCUT2D eigenvalue weighted by Gasteiger charge is -2.13. The van der Waals surface area contributed by atoms with Gasteiger partial charge in [0.2, 0.25) is 5.75 Å². The van der Waals surface area contributed by atoms with Crippen LogP contribution in [0.15, 0.2) is 24.5 Å². The lowest BCUT2D eigenvalue weighted by atomic mass is 10.2. The number of anilines is 3. The van der Waals surface area contributed by atoms with Crippen LogP contribution in [-0.2, 0) is 0 Å². The molecule has 0 radical (unpaired) electrons. The summed E-state index contributed by atoms with van der Waals surface area (Å²) in [4.78, 5) is 7.92. The molecular weight excluding hydrogens is 249 g/mol. The number of benzene rings is 1. The van der Waals surface area contributed by atoms with Gasteiger partial charge in [-0.1, -0.05) is 6.07 Å². The summed E-state index contributed by atoms with van der Waals surface area (Å²) in [5.41, 5.74) is 3.62. The maximum atomic E-state index is 13.7. The number of hydrogen-bond donors (Lipinski definition) is 3. The summed E-state index contributed by atoms with van der Waals surface area (Å²) in [6, 6.07) is 4.74.